The largest absolute Gasteiger partial charge is 0.497 e. The van der Waals surface area contributed by atoms with Gasteiger partial charge in [-0.1, -0.05) is 30.0 Å². The number of alkyl halides is 3. The van der Waals surface area contributed by atoms with Gasteiger partial charge in [0.05, 0.1) is 30.9 Å². The van der Waals surface area contributed by atoms with Crippen LogP contribution in [0.25, 0.3) is 0 Å². The normalized spacial score (nSPS) is 12.2. The van der Waals surface area contributed by atoms with Crippen LogP contribution in [0.4, 0.5) is 18.9 Å². The molecule has 3 rings (SSSR count). The predicted molar refractivity (Wildman–Crippen MR) is 130 cm³/mol. The Balaban J connectivity index is 1.57. The average Bonchev–Trinajstić information content (AvgIpc) is 3.26. The van der Waals surface area contributed by atoms with Gasteiger partial charge in [-0.3, -0.25) is 9.59 Å². The molecule has 0 aliphatic rings. The van der Waals surface area contributed by atoms with Crippen LogP contribution in [-0.4, -0.2) is 39.4 Å². The molecule has 0 aliphatic heterocycles. The Kier molecular flexibility index (Phi) is 8.97. The van der Waals surface area contributed by atoms with Gasteiger partial charge in [0.2, 0.25) is 11.8 Å². The number of amides is 2. The number of carbonyl (C=O) groups is 2. The van der Waals surface area contributed by atoms with Crippen LogP contribution >= 0.6 is 11.8 Å². The molecule has 2 aromatic carbocycles. The lowest BCUT2D eigenvalue weighted by Crippen LogP contribution is -2.30. The quantitative estimate of drug-likeness (QED) is 0.382. The van der Waals surface area contributed by atoms with Crippen molar-refractivity contribution in [1.29, 1.82) is 0 Å². The number of rotatable bonds is 10. The molecule has 36 heavy (non-hydrogen) atoms. The van der Waals surface area contributed by atoms with E-state index in [4.69, 9.17) is 4.74 Å². The van der Waals surface area contributed by atoms with Crippen molar-refractivity contribution < 1.29 is 27.5 Å². The Morgan fingerprint density at radius 3 is 2.47 bits per heavy atom. The van der Waals surface area contributed by atoms with Crippen LogP contribution < -0.4 is 15.4 Å². The third-order valence-corrected chi connectivity index (χ3v) is 6.12. The standard InChI is InChI=1S/C24H26F3N5O3S/c1-4-32-22(15(2)28-20(33)12-16-8-10-19(35-3)11-9-16)30-31-23(32)36-14-21(34)29-18-7-5-6-17(13-18)24(25,26)27/h5-11,13,15H,4,12,14H2,1-3H3,(H,28,33)(H,29,34)/t15-/m0/s1. The molecule has 0 saturated carbocycles. The lowest BCUT2D eigenvalue weighted by atomic mass is 10.1. The van der Waals surface area contributed by atoms with Crippen molar-refractivity contribution in [2.24, 2.45) is 0 Å². The highest BCUT2D eigenvalue weighted by Crippen LogP contribution is 2.30. The summed E-state index contributed by atoms with van der Waals surface area (Å²) in [6, 6.07) is 11.2. The van der Waals surface area contributed by atoms with Crippen molar-refractivity contribution in [2.75, 3.05) is 18.2 Å². The summed E-state index contributed by atoms with van der Waals surface area (Å²) in [5, 5.41) is 14.1. The van der Waals surface area contributed by atoms with Gasteiger partial charge in [-0.2, -0.15) is 13.2 Å². The predicted octanol–water partition coefficient (Wildman–Crippen LogP) is 4.48. The second-order valence-electron chi connectivity index (χ2n) is 7.81. The van der Waals surface area contributed by atoms with E-state index in [1.807, 2.05) is 19.1 Å². The maximum atomic E-state index is 12.9. The van der Waals surface area contributed by atoms with Gasteiger partial charge in [0.15, 0.2) is 11.0 Å². The molecule has 0 unspecified atom stereocenters. The maximum Gasteiger partial charge on any atom is 0.416 e. The fourth-order valence-corrected chi connectivity index (χ4v) is 4.22. The molecule has 3 aromatic rings. The van der Waals surface area contributed by atoms with Crippen LogP contribution in [0.3, 0.4) is 0 Å². The first kappa shape index (κ1) is 27.1. The molecule has 192 valence electrons. The molecule has 0 spiro atoms. The van der Waals surface area contributed by atoms with E-state index < -0.39 is 23.7 Å². The van der Waals surface area contributed by atoms with E-state index in [0.29, 0.717) is 23.3 Å². The van der Waals surface area contributed by atoms with Crippen LogP contribution in [0.1, 0.15) is 36.8 Å². The summed E-state index contributed by atoms with van der Waals surface area (Å²) < 4.78 is 45.5. The number of thioether (sulfide) groups is 1. The second-order valence-corrected chi connectivity index (χ2v) is 8.76. The van der Waals surface area contributed by atoms with E-state index in [2.05, 4.69) is 20.8 Å². The van der Waals surface area contributed by atoms with Crippen molar-refractivity contribution in [3.8, 4) is 5.75 Å². The monoisotopic (exact) mass is 521 g/mol. The summed E-state index contributed by atoms with van der Waals surface area (Å²) in [5.74, 6) is 0.492. The van der Waals surface area contributed by atoms with E-state index in [1.54, 1.807) is 30.7 Å². The lowest BCUT2D eigenvalue weighted by Gasteiger charge is -2.15. The minimum Gasteiger partial charge on any atom is -0.497 e. The van der Waals surface area contributed by atoms with Gasteiger partial charge in [-0.15, -0.1) is 10.2 Å². The SMILES string of the molecule is CCn1c(SCC(=O)Nc2cccc(C(F)(F)F)c2)nnc1[C@H](C)NC(=O)Cc1ccc(OC)cc1. The summed E-state index contributed by atoms with van der Waals surface area (Å²) in [5.41, 5.74) is 0.0492. The van der Waals surface area contributed by atoms with Crippen molar-refractivity contribution >= 4 is 29.3 Å². The minimum absolute atomic E-state index is 0.0567. The fourth-order valence-electron chi connectivity index (χ4n) is 3.41. The molecule has 0 fully saturated rings. The smallest absolute Gasteiger partial charge is 0.416 e. The molecule has 0 bridgehead atoms. The van der Waals surface area contributed by atoms with Gasteiger partial charge in [0, 0.05) is 12.2 Å². The molecule has 8 nitrogen and oxygen atoms in total. The third-order valence-electron chi connectivity index (χ3n) is 5.16. The number of carbonyl (C=O) groups excluding carboxylic acids is 2. The number of aromatic nitrogens is 3. The van der Waals surface area contributed by atoms with Crippen LogP contribution in [0.5, 0.6) is 5.75 Å². The molecule has 0 radical (unpaired) electrons. The summed E-state index contributed by atoms with van der Waals surface area (Å²) >= 11 is 1.10. The zero-order chi connectivity index (χ0) is 26.3. The second kappa shape index (κ2) is 11.9. The Labute approximate surface area is 210 Å². The number of hydrogen-bond acceptors (Lipinski definition) is 6. The molecule has 2 N–H and O–H groups in total. The van der Waals surface area contributed by atoms with Crippen molar-refractivity contribution in [1.82, 2.24) is 20.1 Å². The fraction of sp³-hybridized carbons (Fsp3) is 0.333. The average molecular weight is 522 g/mol. The van der Waals surface area contributed by atoms with E-state index in [0.717, 1.165) is 29.5 Å². The van der Waals surface area contributed by atoms with Crippen LogP contribution in [-0.2, 0) is 28.7 Å². The van der Waals surface area contributed by atoms with Gasteiger partial charge in [0.1, 0.15) is 5.75 Å². The molecule has 12 heteroatoms. The number of nitrogens with one attached hydrogen (secondary N) is 2. The van der Waals surface area contributed by atoms with Crippen molar-refractivity contribution in [2.45, 2.75) is 44.2 Å². The van der Waals surface area contributed by atoms with Gasteiger partial charge < -0.3 is 19.9 Å². The number of benzene rings is 2. The highest BCUT2D eigenvalue weighted by molar-refractivity contribution is 7.99. The summed E-state index contributed by atoms with van der Waals surface area (Å²) in [6.07, 6.45) is -4.31. The van der Waals surface area contributed by atoms with E-state index >= 15 is 0 Å². The molecule has 1 heterocycles. The van der Waals surface area contributed by atoms with Gasteiger partial charge in [-0.05, 0) is 49.7 Å². The first-order valence-electron chi connectivity index (χ1n) is 11.1. The Bertz CT molecular complexity index is 1200. The molecule has 0 aliphatic carbocycles. The number of nitrogens with zero attached hydrogens (tertiary/aromatic N) is 3. The maximum absolute atomic E-state index is 12.9. The Morgan fingerprint density at radius 1 is 1.11 bits per heavy atom. The van der Waals surface area contributed by atoms with E-state index in [1.165, 1.54) is 12.1 Å². The van der Waals surface area contributed by atoms with Crippen molar-refractivity contribution in [3.05, 3.63) is 65.5 Å². The molecule has 1 atom stereocenters. The van der Waals surface area contributed by atoms with Crippen LogP contribution in [0.15, 0.2) is 53.7 Å². The van der Waals surface area contributed by atoms with Gasteiger partial charge in [-0.25, -0.2) is 0 Å². The van der Waals surface area contributed by atoms with Crippen molar-refractivity contribution in [3.63, 3.8) is 0 Å². The first-order chi connectivity index (χ1) is 17.1. The highest BCUT2D eigenvalue weighted by atomic mass is 32.2. The summed E-state index contributed by atoms with van der Waals surface area (Å²) in [6.45, 7) is 4.17. The molecular formula is C24H26F3N5O3S. The Morgan fingerprint density at radius 2 is 1.83 bits per heavy atom. The minimum atomic E-state index is -4.50. The molecular weight excluding hydrogens is 495 g/mol. The summed E-state index contributed by atoms with van der Waals surface area (Å²) in [4.78, 5) is 24.8. The number of hydrogen-bond donors (Lipinski definition) is 2. The van der Waals surface area contributed by atoms with Crippen LogP contribution in [0.2, 0.25) is 0 Å². The molecule has 2 amide bonds. The van der Waals surface area contributed by atoms with E-state index in [9.17, 15) is 22.8 Å². The number of methoxy groups -OCH3 is 1. The number of ether oxygens (including phenoxy) is 1. The topological polar surface area (TPSA) is 98.1 Å². The van der Waals surface area contributed by atoms with Crippen LogP contribution in [0, 0.1) is 0 Å². The highest BCUT2D eigenvalue weighted by Gasteiger charge is 2.30. The lowest BCUT2D eigenvalue weighted by molar-refractivity contribution is -0.137. The van der Waals surface area contributed by atoms with Gasteiger partial charge in [0.25, 0.3) is 0 Å². The first-order valence-corrected chi connectivity index (χ1v) is 12.0. The number of halogens is 3. The zero-order valence-corrected chi connectivity index (χ0v) is 20.7. The molecule has 1 aromatic heterocycles. The Hall–Kier alpha value is -3.54. The third kappa shape index (κ3) is 7.23. The van der Waals surface area contributed by atoms with E-state index in [-0.39, 0.29) is 23.8 Å². The number of anilines is 1. The zero-order valence-electron chi connectivity index (χ0n) is 19.9. The summed E-state index contributed by atoms with van der Waals surface area (Å²) in [7, 11) is 1.57. The molecule has 0 saturated heterocycles. The van der Waals surface area contributed by atoms with Gasteiger partial charge >= 0.3 is 6.18 Å².